The summed E-state index contributed by atoms with van der Waals surface area (Å²) < 4.78 is 25.3. The minimum absolute atomic E-state index is 0.237. The first-order valence-electron chi connectivity index (χ1n) is 7.90. The second-order valence-corrected chi connectivity index (χ2v) is 5.66. The quantitative estimate of drug-likeness (QED) is 0.532. The summed E-state index contributed by atoms with van der Waals surface area (Å²) in [4.78, 5) is 8.62. The van der Waals surface area contributed by atoms with E-state index in [1.165, 1.54) is 6.07 Å². The van der Waals surface area contributed by atoms with Gasteiger partial charge in [-0.15, -0.1) is 0 Å². The lowest BCUT2D eigenvalue weighted by Gasteiger charge is -2.11. The molecule has 4 nitrogen and oxygen atoms in total. The monoisotopic (exact) mass is 334 g/mol. The normalized spacial score (nSPS) is 11.0. The lowest BCUT2D eigenvalue weighted by molar-refractivity contribution is 0.305. The summed E-state index contributed by atoms with van der Waals surface area (Å²) in [5.74, 6) is 0.831. The summed E-state index contributed by atoms with van der Waals surface area (Å²) in [6, 6.07) is 16.1. The fraction of sp³-hybridized carbons (Fsp3) is 0.100. The van der Waals surface area contributed by atoms with E-state index in [0.29, 0.717) is 28.4 Å². The lowest BCUT2D eigenvalue weighted by atomic mass is 10.1. The van der Waals surface area contributed by atoms with Gasteiger partial charge in [0.25, 0.3) is 0 Å². The molecule has 0 saturated heterocycles. The molecule has 0 amide bonds. The number of benzene rings is 2. The Kier molecular flexibility index (Phi) is 3.90. The third-order valence-electron chi connectivity index (χ3n) is 4.05. The average Bonchev–Trinajstić information content (AvgIpc) is 3.07. The highest BCUT2D eigenvalue weighted by Gasteiger charge is 2.14. The van der Waals surface area contributed by atoms with Crippen molar-refractivity contribution in [3.05, 3.63) is 77.7 Å². The third-order valence-corrected chi connectivity index (χ3v) is 4.05. The molecule has 0 spiro atoms. The van der Waals surface area contributed by atoms with Gasteiger partial charge in [-0.2, -0.15) is 0 Å². The van der Waals surface area contributed by atoms with Gasteiger partial charge in [0.15, 0.2) is 0 Å². The Morgan fingerprint density at radius 1 is 1.04 bits per heavy atom. The first-order valence-corrected chi connectivity index (χ1v) is 7.90. The van der Waals surface area contributed by atoms with E-state index in [1.54, 1.807) is 19.2 Å². The maximum Gasteiger partial charge on any atom is 0.247 e. The van der Waals surface area contributed by atoms with Crippen LogP contribution in [0.2, 0.25) is 0 Å². The van der Waals surface area contributed by atoms with Crippen molar-refractivity contribution in [2.24, 2.45) is 0 Å². The maximum absolute atomic E-state index is 13.7. The molecule has 0 aliphatic heterocycles. The summed E-state index contributed by atoms with van der Waals surface area (Å²) in [6.45, 7) is 2.01. The molecule has 0 saturated carbocycles. The molecule has 4 rings (SSSR count). The van der Waals surface area contributed by atoms with E-state index < -0.39 is 0 Å². The van der Waals surface area contributed by atoms with Gasteiger partial charge in [-0.1, -0.05) is 24.3 Å². The predicted molar refractivity (Wildman–Crippen MR) is 92.7 cm³/mol. The van der Waals surface area contributed by atoms with Gasteiger partial charge < -0.3 is 9.15 Å². The Hall–Kier alpha value is -3.21. The number of hydrogen-bond donors (Lipinski definition) is 0. The van der Waals surface area contributed by atoms with Crippen LogP contribution < -0.4 is 4.74 Å². The molecular formula is C20H15FN2O2. The molecule has 2 aromatic carbocycles. The molecule has 0 aliphatic carbocycles. The second-order valence-electron chi connectivity index (χ2n) is 5.66. The molecular weight excluding hydrogens is 319 g/mol. The number of oxazole rings is 1. The fourth-order valence-electron chi connectivity index (χ4n) is 2.62. The number of ether oxygens (including phenoxy) is 1. The number of aromatic nitrogens is 2. The van der Waals surface area contributed by atoms with Gasteiger partial charge in [0, 0.05) is 6.20 Å². The van der Waals surface area contributed by atoms with Gasteiger partial charge in [0.1, 0.15) is 23.7 Å². The Morgan fingerprint density at radius 2 is 1.92 bits per heavy atom. The Bertz CT molecular complexity index is 1010. The summed E-state index contributed by atoms with van der Waals surface area (Å²) >= 11 is 0. The Morgan fingerprint density at radius 3 is 2.80 bits per heavy atom. The van der Waals surface area contributed by atoms with E-state index in [9.17, 15) is 4.39 Å². The molecule has 0 bridgehead atoms. The average molecular weight is 334 g/mol. The topological polar surface area (TPSA) is 48.2 Å². The Labute approximate surface area is 143 Å². The minimum Gasteiger partial charge on any atom is -0.488 e. The van der Waals surface area contributed by atoms with Gasteiger partial charge in [0.2, 0.25) is 11.6 Å². The number of rotatable bonds is 4. The molecule has 5 heteroatoms. The van der Waals surface area contributed by atoms with Crippen LogP contribution in [0.25, 0.3) is 22.7 Å². The van der Waals surface area contributed by atoms with Crippen LogP contribution in [0.15, 0.2) is 65.2 Å². The van der Waals surface area contributed by atoms with E-state index in [4.69, 9.17) is 9.15 Å². The lowest BCUT2D eigenvalue weighted by Crippen LogP contribution is -2.00. The highest BCUT2D eigenvalue weighted by molar-refractivity contribution is 5.74. The highest BCUT2D eigenvalue weighted by Crippen LogP contribution is 2.31. The number of nitrogens with zero attached hydrogens (tertiary/aromatic N) is 2. The second kappa shape index (κ2) is 6.36. The molecule has 0 unspecified atom stereocenters. The SMILES string of the molecule is Cc1c(F)cccc1COc1ccccc1-c1nc2cccnc2o1. The number of para-hydroxylation sites is 1. The van der Waals surface area contributed by atoms with Crippen LogP contribution in [0.5, 0.6) is 5.75 Å². The van der Waals surface area contributed by atoms with Gasteiger partial charge in [0.05, 0.1) is 5.56 Å². The van der Waals surface area contributed by atoms with Crippen molar-refractivity contribution in [2.45, 2.75) is 13.5 Å². The Balaban J connectivity index is 1.66. The largest absolute Gasteiger partial charge is 0.488 e. The number of halogens is 1. The number of fused-ring (bicyclic) bond motifs is 1. The third kappa shape index (κ3) is 2.96. The van der Waals surface area contributed by atoms with E-state index in [0.717, 1.165) is 11.1 Å². The van der Waals surface area contributed by atoms with Crippen LogP contribution >= 0.6 is 0 Å². The minimum atomic E-state index is -0.237. The number of hydrogen-bond acceptors (Lipinski definition) is 4. The van der Waals surface area contributed by atoms with Gasteiger partial charge >= 0.3 is 0 Å². The van der Waals surface area contributed by atoms with Crippen molar-refractivity contribution in [1.82, 2.24) is 9.97 Å². The molecule has 0 radical (unpaired) electrons. The summed E-state index contributed by atoms with van der Waals surface area (Å²) in [5.41, 5.74) is 3.29. The van der Waals surface area contributed by atoms with Crippen LogP contribution in [-0.2, 0) is 6.61 Å². The predicted octanol–water partition coefficient (Wildman–Crippen LogP) is 4.92. The molecule has 25 heavy (non-hydrogen) atoms. The van der Waals surface area contributed by atoms with Crippen molar-refractivity contribution < 1.29 is 13.5 Å². The summed E-state index contributed by atoms with van der Waals surface area (Å²) in [6.07, 6.45) is 1.66. The van der Waals surface area contributed by atoms with Crippen molar-refractivity contribution in [2.75, 3.05) is 0 Å². The van der Waals surface area contributed by atoms with Gasteiger partial charge in [-0.25, -0.2) is 14.4 Å². The van der Waals surface area contributed by atoms with Crippen LogP contribution in [0.4, 0.5) is 4.39 Å². The molecule has 2 heterocycles. The van der Waals surface area contributed by atoms with Crippen molar-refractivity contribution in [3.63, 3.8) is 0 Å². The fourth-order valence-corrected chi connectivity index (χ4v) is 2.62. The molecule has 0 fully saturated rings. The zero-order valence-corrected chi connectivity index (χ0v) is 13.6. The van der Waals surface area contributed by atoms with E-state index in [2.05, 4.69) is 9.97 Å². The van der Waals surface area contributed by atoms with Crippen LogP contribution in [-0.4, -0.2) is 9.97 Å². The van der Waals surface area contributed by atoms with Crippen LogP contribution in [0.3, 0.4) is 0 Å². The van der Waals surface area contributed by atoms with Crippen molar-refractivity contribution >= 4 is 11.2 Å². The zero-order chi connectivity index (χ0) is 17.2. The highest BCUT2D eigenvalue weighted by atomic mass is 19.1. The van der Waals surface area contributed by atoms with Crippen LogP contribution in [0.1, 0.15) is 11.1 Å². The molecule has 4 aromatic rings. The maximum atomic E-state index is 13.7. The first kappa shape index (κ1) is 15.3. The summed E-state index contributed by atoms with van der Waals surface area (Å²) in [7, 11) is 0. The van der Waals surface area contributed by atoms with Crippen molar-refractivity contribution in [1.29, 1.82) is 0 Å². The van der Waals surface area contributed by atoms with E-state index in [-0.39, 0.29) is 12.4 Å². The number of pyridine rings is 1. The molecule has 0 N–H and O–H groups in total. The van der Waals surface area contributed by atoms with Crippen molar-refractivity contribution in [3.8, 4) is 17.2 Å². The summed E-state index contributed by atoms with van der Waals surface area (Å²) in [5, 5.41) is 0. The molecule has 0 aliphatic rings. The zero-order valence-electron chi connectivity index (χ0n) is 13.6. The van der Waals surface area contributed by atoms with E-state index >= 15 is 0 Å². The van der Waals surface area contributed by atoms with E-state index in [1.807, 2.05) is 42.5 Å². The van der Waals surface area contributed by atoms with Gasteiger partial charge in [-0.05, 0) is 48.4 Å². The standard InChI is InChI=1S/C20H15FN2O2/c1-13-14(6-4-8-16(13)21)12-24-18-10-3-2-7-15(18)19-23-17-9-5-11-22-20(17)25-19/h2-11H,12H2,1H3. The van der Waals surface area contributed by atoms with Gasteiger partial charge in [-0.3, -0.25) is 0 Å². The first-order chi connectivity index (χ1) is 12.2. The smallest absolute Gasteiger partial charge is 0.247 e. The van der Waals surface area contributed by atoms with Crippen LogP contribution in [0, 0.1) is 12.7 Å². The molecule has 2 aromatic heterocycles. The molecule has 124 valence electrons. The molecule has 0 atom stereocenters.